The molecule has 0 aliphatic carbocycles. The highest BCUT2D eigenvalue weighted by Gasteiger charge is 2.13. The molecule has 144 valence electrons. The molecule has 29 heavy (non-hydrogen) atoms. The molecule has 0 fully saturated rings. The van der Waals surface area contributed by atoms with E-state index < -0.39 is 11.8 Å². The number of nitrogens with one attached hydrogen (secondary N) is 1. The van der Waals surface area contributed by atoms with Gasteiger partial charge in [-0.15, -0.1) is 11.3 Å². The minimum Gasteiger partial charge on any atom is -0.454 e. The molecule has 0 saturated carbocycles. The Hall–Kier alpha value is -3.58. The first-order valence-corrected chi connectivity index (χ1v) is 9.65. The quantitative estimate of drug-likeness (QED) is 0.390. The summed E-state index contributed by atoms with van der Waals surface area (Å²) in [6, 6.07) is 15.7. The summed E-state index contributed by atoms with van der Waals surface area (Å²) in [6.45, 7) is -0.190. The number of ether oxygens (including phenoxy) is 1. The van der Waals surface area contributed by atoms with E-state index in [4.69, 9.17) is 4.74 Å². The van der Waals surface area contributed by atoms with E-state index >= 15 is 0 Å². The normalized spacial score (nSPS) is 11.2. The van der Waals surface area contributed by atoms with Crippen LogP contribution in [0, 0.1) is 5.82 Å². The van der Waals surface area contributed by atoms with Crippen LogP contribution in [0.1, 0.15) is 11.4 Å². The number of nitrogens with zero attached hydrogens (tertiary/aromatic N) is 1. The van der Waals surface area contributed by atoms with Crippen LogP contribution in [0.25, 0.3) is 27.4 Å². The number of fused-ring (bicyclic) bond motifs is 1. The summed E-state index contributed by atoms with van der Waals surface area (Å²) in [7, 11) is 0. The minimum absolute atomic E-state index is 0.190. The van der Waals surface area contributed by atoms with Gasteiger partial charge in [0.25, 0.3) is 5.56 Å². The Labute approximate surface area is 169 Å². The van der Waals surface area contributed by atoms with Gasteiger partial charge in [-0.05, 0) is 17.7 Å². The molecule has 5 nitrogen and oxygen atoms in total. The standard InChI is InChI=1S/C22H15FN2O3S/c23-17-9-5-4-8-15(17)10-11-19(26)28-12-18-24-21(27)20-16(13-29-22(20)25-18)14-6-2-1-3-7-14/h1-11,13H,12H2,(H,24,25,27)/b11-10+. The van der Waals surface area contributed by atoms with Gasteiger partial charge in [0.1, 0.15) is 23.1 Å². The number of halogens is 1. The smallest absolute Gasteiger partial charge is 0.331 e. The molecule has 0 aliphatic rings. The number of hydrogen-bond donors (Lipinski definition) is 1. The molecule has 0 unspecified atom stereocenters. The largest absolute Gasteiger partial charge is 0.454 e. The van der Waals surface area contributed by atoms with Crippen molar-refractivity contribution in [1.29, 1.82) is 0 Å². The van der Waals surface area contributed by atoms with E-state index in [1.807, 2.05) is 35.7 Å². The SMILES string of the molecule is O=C(/C=C/c1ccccc1F)OCc1nc2scc(-c3ccccc3)c2c(=O)[nH]1. The summed E-state index contributed by atoms with van der Waals surface area (Å²) in [5.74, 6) is -0.844. The lowest BCUT2D eigenvalue weighted by atomic mass is 10.1. The number of carbonyl (C=O) groups is 1. The number of hydrogen-bond acceptors (Lipinski definition) is 5. The maximum Gasteiger partial charge on any atom is 0.331 e. The van der Waals surface area contributed by atoms with Gasteiger partial charge in [-0.25, -0.2) is 14.2 Å². The predicted octanol–water partition coefficient (Wildman–Crippen LogP) is 4.55. The van der Waals surface area contributed by atoms with Crippen LogP contribution in [0.2, 0.25) is 0 Å². The van der Waals surface area contributed by atoms with Gasteiger partial charge in [0.05, 0.1) is 5.39 Å². The van der Waals surface area contributed by atoms with Gasteiger partial charge in [0.15, 0.2) is 0 Å². The molecule has 2 heterocycles. The van der Waals surface area contributed by atoms with Crippen LogP contribution in [0.15, 0.2) is 70.8 Å². The summed E-state index contributed by atoms with van der Waals surface area (Å²) in [5, 5.41) is 2.39. The van der Waals surface area contributed by atoms with Crippen molar-refractivity contribution in [2.45, 2.75) is 6.61 Å². The molecule has 1 N–H and O–H groups in total. The molecule has 0 atom stereocenters. The number of rotatable bonds is 5. The Bertz CT molecular complexity index is 1260. The zero-order chi connectivity index (χ0) is 20.2. The average Bonchev–Trinajstić information content (AvgIpc) is 3.17. The molecule has 0 amide bonds. The lowest BCUT2D eigenvalue weighted by molar-refractivity contribution is -0.139. The van der Waals surface area contributed by atoms with E-state index in [9.17, 15) is 14.0 Å². The van der Waals surface area contributed by atoms with Crippen molar-refractivity contribution in [2.75, 3.05) is 0 Å². The van der Waals surface area contributed by atoms with Crippen LogP contribution in [-0.2, 0) is 16.1 Å². The molecule has 0 aliphatic heterocycles. The molecule has 4 rings (SSSR count). The van der Waals surface area contributed by atoms with Crippen molar-refractivity contribution in [3.05, 3.63) is 93.6 Å². The van der Waals surface area contributed by atoms with Gasteiger partial charge in [-0.2, -0.15) is 0 Å². The third-order valence-electron chi connectivity index (χ3n) is 4.23. The van der Waals surface area contributed by atoms with Crippen molar-refractivity contribution in [3.63, 3.8) is 0 Å². The van der Waals surface area contributed by atoms with Gasteiger partial charge in [-0.3, -0.25) is 4.79 Å². The molecule has 2 aromatic heterocycles. The molecular formula is C22H15FN2O3S. The Morgan fingerprint density at radius 1 is 1.14 bits per heavy atom. The fraction of sp³-hybridized carbons (Fsp3) is 0.0455. The highest BCUT2D eigenvalue weighted by molar-refractivity contribution is 7.17. The number of aromatic amines is 1. The van der Waals surface area contributed by atoms with E-state index in [-0.39, 0.29) is 23.6 Å². The maximum atomic E-state index is 13.6. The second-order valence-electron chi connectivity index (χ2n) is 6.17. The molecule has 0 saturated heterocycles. The number of thiophene rings is 1. The number of carbonyl (C=O) groups excluding carboxylic acids is 1. The van der Waals surface area contributed by atoms with E-state index in [0.29, 0.717) is 10.2 Å². The van der Waals surface area contributed by atoms with Crippen LogP contribution >= 0.6 is 11.3 Å². The summed E-state index contributed by atoms with van der Waals surface area (Å²) in [4.78, 5) is 32.1. The zero-order valence-corrected chi connectivity index (χ0v) is 15.9. The Morgan fingerprint density at radius 2 is 1.90 bits per heavy atom. The van der Waals surface area contributed by atoms with E-state index in [1.54, 1.807) is 18.2 Å². The number of H-pyrrole nitrogens is 1. The van der Waals surface area contributed by atoms with Crippen molar-refractivity contribution in [3.8, 4) is 11.1 Å². The average molecular weight is 406 g/mol. The number of benzene rings is 2. The fourth-order valence-electron chi connectivity index (χ4n) is 2.85. The van der Waals surface area contributed by atoms with Gasteiger partial charge >= 0.3 is 5.97 Å². The number of aromatic nitrogens is 2. The second-order valence-corrected chi connectivity index (χ2v) is 7.03. The van der Waals surface area contributed by atoms with Crippen molar-refractivity contribution in [1.82, 2.24) is 9.97 Å². The Balaban J connectivity index is 1.50. The molecule has 0 spiro atoms. The van der Waals surface area contributed by atoms with Crippen LogP contribution in [0.3, 0.4) is 0 Å². The van der Waals surface area contributed by atoms with Gasteiger partial charge in [-0.1, -0.05) is 48.5 Å². The van der Waals surface area contributed by atoms with Crippen molar-refractivity contribution < 1.29 is 13.9 Å². The Morgan fingerprint density at radius 3 is 2.69 bits per heavy atom. The number of esters is 1. The van der Waals surface area contributed by atoms with Crippen LogP contribution < -0.4 is 5.56 Å². The highest BCUT2D eigenvalue weighted by Crippen LogP contribution is 2.30. The van der Waals surface area contributed by atoms with Gasteiger partial charge < -0.3 is 9.72 Å². The van der Waals surface area contributed by atoms with Crippen LogP contribution in [-0.4, -0.2) is 15.9 Å². The minimum atomic E-state index is -0.660. The molecular weight excluding hydrogens is 391 g/mol. The van der Waals surface area contributed by atoms with Crippen LogP contribution in [0.4, 0.5) is 4.39 Å². The fourth-order valence-corrected chi connectivity index (χ4v) is 3.81. The topological polar surface area (TPSA) is 72.0 Å². The first-order chi connectivity index (χ1) is 14.1. The van der Waals surface area contributed by atoms with Gasteiger partial charge in [0.2, 0.25) is 0 Å². The first kappa shape index (κ1) is 18.8. The van der Waals surface area contributed by atoms with E-state index in [1.165, 1.54) is 23.5 Å². The highest BCUT2D eigenvalue weighted by atomic mass is 32.1. The van der Waals surface area contributed by atoms with Gasteiger partial charge in [0, 0.05) is 22.6 Å². The third-order valence-corrected chi connectivity index (χ3v) is 5.11. The third kappa shape index (κ3) is 4.14. The molecule has 4 aromatic rings. The monoisotopic (exact) mass is 406 g/mol. The van der Waals surface area contributed by atoms with Crippen molar-refractivity contribution in [2.24, 2.45) is 0 Å². The summed E-state index contributed by atoms with van der Waals surface area (Å²) >= 11 is 1.35. The second kappa shape index (κ2) is 8.20. The summed E-state index contributed by atoms with van der Waals surface area (Å²) in [5.41, 5.74) is 1.74. The molecule has 2 aromatic carbocycles. The molecule has 0 bridgehead atoms. The Kier molecular flexibility index (Phi) is 5.31. The molecule has 0 radical (unpaired) electrons. The summed E-state index contributed by atoms with van der Waals surface area (Å²) < 4.78 is 18.7. The van der Waals surface area contributed by atoms with Crippen molar-refractivity contribution >= 4 is 33.6 Å². The van der Waals surface area contributed by atoms with E-state index in [0.717, 1.165) is 17.2 Å². The zero-order valence-electron chi connectivity index (χ0n) is 15.1. The molecule has 7 heteroatoms. The first-order valence-electron chi connectivity index (χ1n) is 8.77. The predicted molar refractivity (Wildman–Crippen MR) is 111 cm³/mol. The maximum absolute atomic E-state index is 13.6. The summed E-state index contributed by atoms with van der Waals surface area (Å²) in [6.07, 6.45) is 2.47. The van der Waals surface area contributed by atoms with Crippen LogP contribution in [0.5, 0.6) is 0 Å². The van der Waals surface area contributed by atoms with E-state index in [2.05, 4.69) is 9.97 Å². The lowest BCUT2D eigenvalue weighted by Crippen LogP contribution is -2.13. The lowest BCUT2D eigenvalue weighted by Gasteiger charge is -2.03.